The second kappa shape index (κ2) is 6.60. The van der Waals surface area contributed by atoms with E-state index < -0.39 is 0 Å². The van der Waals surface area contributed by atoms with E-state index in [4.69, 9.17) is 5.26 Å². The van der Waals surface area contributed by atoms with Crippen molar-refractivity contribution < 1.29 is 4.79 Å². The second-order valence-corrected chi connectivity index (χ2v) is 4.78. The van der Waals surface area contributed by atoms with Gasteiger partial charge in [0.2, 0.25) is 0 Å². The Balaban J connectivity index is 2.92. The summed E-state index contributed by atoms with van der Waals surface area (Å²) in [4.78, 5) is 13.7. The predicted molar refractivity (Wildman–Crippen MR) is 77.6 cm³/mol. The van der Waals surface area contributed by atoms with E-state index in [0.29, 0.717) is 0 Å². The van der Waals surface area contributed by atoms with E-state index in [9.17, 15) is 4.79 Å². The molecule has 1 rings (SSSR count). The Morgan fingerprint density at radius 1 is 1.32 bits per heavy atom. The highest BCUT2D eigenvalue weighted by molar-refractivity contribution is 6.01. The lowest BCUT2D eigenvalue weighted by atomic mass is 10.1. The van der Waals surface area contributed by atoms with Crippen LogP contribution in [0, 0.1) is 11.3 Å². The third-order valence-corrected chi connectivity index (χ3v) is 2.51. The van der Waals surface area contributed by atoms with Gasteiger partial charge in [0.1, 0.15) is 11.6 Å². The summed E-state index contributed by atoms with van der Waals surface area (Å²) in [5.74, 6) is -0.339. The van der Waals surface area contributed by atoms with Crippen LogP contribution in [0.3, 0.4) is 0 Å². The summed E-state index contributed by atoms with van der Waals surface area (Å²) in [6.45, 7) is 3.72. The van der Waals surface area contributed by atoms with Crippen molar-refractivity contribution in [1.29, 1.82) is 5.26 Å². The standard InChI is InChI=1S/C15H19N3O/c1-11(2)17-15(19)13(10-16)9-12-5-7-14(8-6-12)18(3)4/h5-9,11H,1-4H3,(H,17,19)/b13-9+. The number of carbonyl (C=O) groups excluding carboxylic acids is 1. The van der Waals surface area contributed by atoms with Gasteiger partial charge in [-0.15, -0.1) is 0 Å². The summed E-state index contributed by atoms with van der Waals surface area (Å²) in [5, 5.41) is 11.7. The van der Waals surface area contributed by atoms with Crippen LogP contribution in [-0.4, -0.2) is 26.0 Å². The Kier molecular flexibility index (Phi) is 5.13. The average molecular weight is 257 g/mol. The number of nitriles is 1. The molecule has 0 heterocycles. The molecule has 19 heavy (non-hydrogen) atoms. The van der Waals surface area contributed by atoms with Crippen LogP contribution in [0.4, 0.5) is 5.69 Å². The fraction of sp³-hybridized carbons (Fsp3) is 0.333. The molecule has 1 aromatic rings. The average Bonchev–Trinajstić information content (AvgIpc) is 2.35. The normalized spacial score (nSPS) is 11.1. The summed E-state index contributed by atoms with van der Waals surface area (Å²) in [6.07, 6.45) is 1.59. The van der Waals surface area contributed by atoms with Crippen LogP contribution >= 0.6 is 0 Å². The van der Waals surface area contributed by atoms with Gasteiger partial charge in [-0.2, -0.15) is 5.26 Å². The number of benzene rings is 1. The minimum atomic E-state index is -0.339. The number of nitrogens with zero attached hydrogens (tertiary/aromatic N) is 2. The summed E-state index contributed by atoms with van der Waals surface area (Å²) in [6, 6.07) is 9.61. The molecule has 1 N–H and O–H groups in total. The number of rotatable bonds is 4. The lowest BCUT2D eigenvalue weighted by Gasteiger charge is -2.12. The zero-order valence-electron chi connectivity index (χ0n) is 11.8. The predicted octanol–water partition coefficient (Wildman–Crippen LogP) is 2.18. The number of anilines is 1. The Hall–Kier alpha value is -2.28. The van der Waals surface area contributed by atoms with Gasteiger partial charge in [-0.3, -0.25) is 4.79 Å². The number of hydrogen-bond acceptors (Lipinski definition) is 3. The van der Waals surface area contributed by atoms with Crippen LogP contribution in [0.5, 0.6) is 0 Å². The van der Waals surface area contributed by atoms with E-state index in [1.54, 1.807) is 6.08 Å². The van der Waals surface area contributed by atoms with Crippen LogP contribution in [-0.2, 0) is 4.79 Å². The van der Waals surface area contributed by atoms with Gasteiger partial charge in [-0.05, 0) is 37.6 Å². The van der Waals surface area contributed by atoms with Crippen LogP contribution in [0.25, 0.3) is 6.08 Å². The lowest BCUT2D eigenvalue weighted by molar-refractivity contribution is -0.117. The first-order valence-electron chi connectivity index (χ1n) is 6.14. The molecule has 0 atom stereocenters. The minimum Gasteiger partial charge on any atom is -0.378 e. The Bertz CT molecular complexity index is 507. The molecule has 0 unspecified atom stereocenters. The first-order chi connectivity index (χ1) is 8.93. The highest BCUT2D eigenvalue weighted by Crippen LogP contribution is 2.14. The highest BCUT2D eigenvalue weighted by atomic mass is 16.1. The summed E-state index contributed by atoms with van der Waals surface area (Å²) in [5.41, 5.74) is 2.02. The van der Waals surface area contributed by atoms with E-state index in [1.165, 1.54) is 0 Å². The van der Waals surface area contributed by atoms with Gasteiger partial charge in [-0.1, -0.05) is 12.1 Å². The second-order valence-electron chi connectivity index (χ2n) is 4.78. The van der Waals surface area contributed by atoms with Crippen molar-refractivity contribution in [2.24, 2.45) is 0 Å². The molecular formula is C15H19N3O. The molecule has 1 amide bonds. The molecule has 0 aliphatic heterocycles. The van der Waals surface area contributed by atoms with Gasteiger partial charge < -0.3 is 10.2 Å². The van der Waals surface area contributed by atoms with E-state index in [2.05, 4.69) is 5.32 Å². The molecule has 0 bridgehead atoms. The summed E-state index contributed by atoms with van der Waals surface area (Å²) < 4.78 is 0. The van der Waals surface area contributed by atoms with Crippen molar-refractivity contribution >= 4 is 17.7 Å². The van der Waals surface area contributed by atoms with Crippen molar-refractivity contribution in [3.8, 4) is 6.07 Å². The maximum absolute atomic E-state index is 11.8. The molecule has 0 aliphatic rings. The van der Waals surface area contributed by atoms with Crippen molar-refractivity contribution in [2.45, 2.75) is 19.9 Å². The number of hydrogen-bond donors (Lipinski definition) is 1. The maximum Gasteiger partial charge on any atom is 0.262 e. The zero-order chi connectivity index (χ0) is 14.4. The Morgan fingerprint density at radius 2 is 1.89 bits per heavy atom. The van der Waals surface area contributed by atoms with Crippen molar-refractivity contribution in [1.82, 2.24) is 5.32 Å². The first kappa shape index (κ1) is 14.8. The van der Waals surface area contributed by atoms with Gasteiger partial charge in [0.05, 0.1) is 0 Å². The van der Waals surface area contributed by atoms with E-state index >= 15 is 0 Å². The fourth-order valence-corrected chi connectivity index (χ4v) is 1.52. The quantitative estimate of drug-likeness (QED) is 0.664. The van der Waals surface area contributed by atoms with E-state index in [0.717, 1.165) is 11.3 Å². The summed E-state index contributed by atoms with van der Waals surface area (Å²) >= 11 is 0. The number of amides is 1. The monoisotopic (exact) mass is 257 g/mol. The molecule has 0 fully saturated rings. The molecule has 0 aliphatic carbocycles. The number of nitrogens with one attached hydrogen (secondary N) is 1. The third-order valence-electron chi connectivity index (χ3n) is 2.51. The maximum atomic E-state index is 11.8. The van der Waals surface area contributed by atoms with Crippen molar-refractivity contribution in [3.05, 3.63) is 35.4 Å². The summed E-state index contributed by atoms with van der Waals surface area (Å²) in [7, 11) is 3.92. The Morgan fingerprint density at radius 3 is 2.32 bits per heavy atom. The van der Waals surface area contributed by atoms with Gasteiger partial charge >= 0.3 is 0 Å². The molecule has 4 nitrogen and oxygen atoms in total. The van der Waals surface area contributed by atoms with Gasteiger partial charge in [0.15, 0.2) is 0 Å². The molecule has 4 heteroatoms. The van der Waals surface area contributed by atoms with Gasteiger partial charge in [0, 0.05) is 25.8 Å². The molecule has 1 aromatic carbocycles. The Labute approximate surface area is 114 Å². The van der Waals surface area contributed by atoms with Crippen molar-refractivity contribution in [2.75, 3.05) is 19.0 Å². The van der Waals surface area contributed by atoms with Crippen LogP contribution in [0.15, 0.2) is 29.8 Å². The molecule has 0 radical (unpaired) electrons. The zero-order valence-corrected chi connectivity index (χ0v) is 11.8. The van der Waals surface area contributed by atoms with Crippen LogP contribution in [0.2, 0.25) is 0 Å². The molecule has 0 aromatic heterocycles. The number of carbonyl (C=O) groups is 1. The van der Waals surface area contributed by atoms with Crippen LogP contribution in [0.1, 0.15) is 19.4 Å². The molecular weight excluding hydrogens is 238 g/mol. The minimum absolute atomic E-state index is 0.0142. The molecule has 0 saturated carbocycles. The largest absolute Gasteiger partial charge is 0.378 e. The topological polar surface area (TPSA) is 56.1 Å². The third kappa shape index (κ3) is 4.47. The van der Waals surface area contributed by atoms with Crippen LogP contribution < -0.4 is 10.2 Å². The molecule has 100 valence electrons. The molecule has 0 saturated heterocycles. The highest BCUT2D eigenvalue weighted by Gasteiger charge is 2.09. The van der Waals surface area contributed by atoms with Gasteiger partial charge in [-0.25, -0.2) is 0 Å². The van der Waals surface area contributed by atoms with E-state index in [-0.39, 0.29) is 17.5 Å². The van der Waals surface area contributed by atoms with Gasteiger partial charge in [0.25, 0.3) is 5.91 Å². The lowest BCUT2D eigenvalue weighted by Crippen LogP contribution is -2.30. The van der Waals surface area contributed by atoms with Crippen molar-refractivity contribution in [3.63, 3.8) is 0 Å². The SMILES string of the molecule is CC(C)NC(=O)/C(C#N)=C/c1ccc(N(C)C)cc1. The van der Waals surface area contributed by atoms with E-state index in [1.807, 2.05) is 63.2 Å². The molecule has 0 spiro atoms. The fourth-order valence-electron chi connectivity index (χ4n) is 1.52. The smallest absolute Gasteiger partial charge is 0.262 e. The first-order valence-corrected chi connectivity index (χ1v) is 6.14.